The first-order chi connectivity index (χ1) is 12.2. The molecule has 2 aliphatic rings. The molecule has 25 heavy (non-hydrogen) atoms. The van der Waals surface area contributed by atoms with Gasteiger partial charge in [0.2, 0.25) is 5.95 Å². The zero-order chi connectivity index (χ0) is 17.2. The molecule has 0 saturated carbocycles. The average molecular weight is 358 g/mol. The molecule has 0 aliphatic carbocycles. The van der Waals surface area contributed by atoms with Crippen LogP contribution in [-0.4, -0.2) is 60.0 Å². The number of nitrogen functional groups attached to an aromatic ring is 1. The van der Waals surface area contributed by atoms with Crippen molar-refractivity contribution in [1.29, 1.82) is 0 Å². The van der Waals surface area contributed by atoms with Crippen LogP contribution in [0.2, 0.25) is 0 Å². The predicted octanol–water partition coefficient (Wildman–Crippen LogP) is 0.771. The Labute approximate surface area is 150 Å². The van der Waals surface area contributed by atoms with Crippen molar-refractivity contribution in [3.8, 4) is 0 Å². The summed E-state index contributed by atoms with van der Waals surface area (Å²) < 4.78 is 0. The summed E-state index contributed by atoms with van der Waals surface area (Å²) in [7, 11) is 0. The number of hydrogen-bond donors (Lipinski definition) is 2. The van der Waals surface area contributed by atoms with Gasteiger partial charge in [0.15, 0.2) is 0 Å². The highest BCUT2D eigenvalue weighted by Crippen LogP contribution is 2.25. The number of thiophene rings is 1. The van der Waals surface area contributed by atoms with Crippen molar-refractivity contribution >= 4 is 29.0 Å². The molecule has 0 aromatic carbocycles. The fraction of sp³-hybridized carbons (Fsp3) is 0.471. The number of anilines is 2. The van der Waals surface area contributed by atoms with Crippen LogP contribution in [-0.2, 0) is 12.8 Å². The summed E-state index contributed by atoms with van der Waals surface area (Å²) in [6.07, 6.45) is 1.80. The first kappa shape index (κ1) is 16.3. The van der Waals surface area contributed by atoms with Gasteiger partial charge >= 0.3 is 0 Å². The van der Waals surface area contributed by atoms with Gasteiger partial charge in [0.05, 0.1) is 10.6 Å². The minimum absolute atomic E-state index is 0.125. The lowest BCUT2D eigenvalue weighted by Crippen LogP contribution is -2.49. The number of nitrogens with one attached hydrogen (secondary N) is 1. The molecule has 2 aromatic heterocycles. The Morgan fingerprint density at radius 2 is 1.96 bits per heavy atom. The fourth-order valence-corrected chi connectivity index (χ4v) is 4.17. The van der Waals surface area contributed by atoms with Crippen molar-refractivity contribution in [3.63, 3.8) is 0 Å². The van der Waals surface area contributed by atoms with Crippen molar-refractivity contribution < 1.29 is 4.79 Å². The first-order valence-electron chi connectivity index (χ1n) is 8.66. The zero-order valence-electron chi connectivity index (χ0n) is 14.1. The molecule has 2 aromatic rings. The Balaban J connectivity index is 1.51. The molecule has 1 saturated heterocycles. The third-order valence-corrected chi connectivity index (χ3v) is 5.63. The normalized spacial score (nSPS) is 17.9. The zero-order valence-corrected chi connectivity index (χ0v) is 14.9. The molecule has 2 aliphatic heterocycles. The van der Waals surface area contributed by atoms with E-state index in [1.165, 1.54) is 16.9 Å². The maximum Gasteiger partial charge on any atom is 0.264 e. The van der Waals surface area contributed by atoms with E-state index in [-0.39, 0.29) is 5.91 Å². The number of amides is 1. The lowest BCUT2D eigenvalue weighted by atomic mass is 10.1. The van der Waals surface area contributed by atoms with Gasteiger partial charge in [-0.15, -0.1) is 11.3 Å². The Bertz CT molecular complexity index is 755. The molecule has 8 heteroatoms. The highest BCUT2D eigenvalue weighted by molar-refractivity contribution is 7.12. The second kappa shape index (κ2) is 6.97. The third kappa shape index (κ3) is 3.32. The number of rotatable bonds is 2. The number of aromatic nitrogens is 2. The van der Waals surface area contributed by atoms with Gasteiger partial charge in [-0.1, -0.05) is 6.07 Å². The Kier molecular flexibility index (Phi) is 4.54. The number of piperazine rings is 1. The minimum atomic E-state index is 0.125. The van der Waals surface area contributed by atoms with Crippen molar-refractivity contribution in [1.82, 2.24) is 20.2 Å². The van der Waals surface area contributed by atoms with Gasteiger partial charge in [-0.3, -0.25) is 4.79 Å². The molecule has 0 atom stereocenters. The van der Waals surface area contributed by atoms with Crippen molar-refractivity contribution in [3.05, 3.63) is 33.6 Å². The molecule has 0 unspecified atom stereocenters. The van der Waals surface area contributed by atoms with Crippen LogP contribution < -0.4 is 16.0 Å². The van der Waals surface area contributed by atoms with Crippen molar-refractivity contribution in [2.75, 3.05) is 49.9 Å². The van der Waals surface area contributed by atoms with Crippen LogP contribution >= 0.6 is 11.3 Å². The first-order valence-corrected chi connectivity index (χ1v) is 9.54. The quantitative estimate of drug-likeness (QED) is 0.825. The van der Waals surface area contributed by atoms with Crippen LogP contribution in [0, 0.1) is 0 Å². The summed E-state index contributed by atoms with van der Waals surface area (Å²) in [6, 6.07) is 3.80. The van der Waals surface area contributed by atoms with Crippen LogP contribution in [0.25, 0.3) is 0 Å². The fourth-order valence-electron chi connectivity index (χ4n) is 3.48. The lowest BCUT2D eigenvalue weighted by Gasteiger charge is -2.36. The lowest BCUT2D eigenvalue weighted by molar-refractivity contribution is 0.0751. The molecule has 4 rings (SSSR count). The number of nitrogens with two attached hydrogens (primary N) is 1. The van der Waals surface area contributed by atoms with E-state index in [1.807, 2.05) is 22.4 Å². The highest BCUT2D eigenvalue weighted by atomic mass is 32.1. The summed E-state index contributed by atoms with van der Waals surface area (Å²) in [5, 5.41) is 5.34. The molecule has 0 radical (unpaired) electrons. The second-order valence-electron chi connectivity index (χ2n) is 6.34. The van der Waals surface area contributed by atoms with Crippen LogP contribution in [0.15, 0.2) is 17.5 Å². The Morgan fingerprint density at radius 1 is 1.16 bits per heavy atom. The highest BCUT2D eigenvalue weighted by Gasteiger charge is 2.26. The Hall–Kier alpha value is -2.19. The molecule has 4 heterocycles. The molecule has 1 fully saturated rings. The smallest absolute Gasteiger partial charge is 0.264 e. The molecule has 1 amide bonds. The molecule has 7 nitrogen and oxygen atoms in total. The monoisotopic (exact) mass is 358 g/mol. The molecule has 132 valence electrons. The summed E-state index contributed by atoms with van der Waals surface area (Å²) >= 11 is 1.50. The van der Waals surface area contributed by atoms with E-state index >= 15 is 0 Å². The average Bonchev–Trinajstić information content (AvgIpc) is 3.07. The van der Waals surface area contributed by atoms with Gasteiger partial charge < -0.3 is 20.9 Å². The van der Waals surface area contributed by atoms with E-state index in [1.54, 1.807) is 0 Å². The number of hydrogen-bond acceptors (Lipinski definition) is 7. The third-order valence-electron chi connectivity index (χ3n) is 4.78. The number of fused-ring (bicyclic) bond motifs is 1. The van der Waals surface area contributed by atoms with E-state index in [9.17, 15) is 4.79 Å². The Morgan fingerprint density at radius 3 is 2.72 bits per heavy atom. The predicted molar refractivity (Wildman–Crippen MR) is 99.2 cm³/mol. The van der Waals surface area contributed by atoms with Crippen LogP contribution in [0.4, 0.5) is 11.8 Å². The SMILES string of the molecule is Nc1nc2c(c(N3CCN(C(=O)c4cccs4)CC3)n1)CCNCC2. The van der Waals surface area contributed by atoms with Gasteiger partial charge in [0.1, 0.15) is 5.82 Å². The molecule has 0 spiro atoms. The maximum atomic E-state index is 12.5. The van der Waals surface area contributed by atoms with Gasteiger partial charge in [-0.2, -0.15) is 4.98 Å². The number of carbonyl (C=O) groups excluding carboxylic acids is 1. The van der Waals surface area contributed by atoms with Gasteiger partial charge in [0.25, 0.3) is 5.91 Å². The summed E-state index contributed by atoms with van der Waals surface area (Å²) in [6.45, 7) is 4.80. The minimum Gasteiger partial charge on any atom is -0.368 e. The van der Waals surface area contributed by atoms with Gasteiger partial charge in [-0.05, 0) is 24.4 Å². The van der Waals surface area contributed by atoms with Crippen molar-refractivity contribution in [2.24, 2.45) is 0 Å². The topological polar surface area (TPSA) is 87.4 Å². The van der Waals surface area contributed by atoms with Crippen molar-refractivity contribution in [2.45, 2.75) is 12.8 Å². The summed E-state index contributed by atoms with van der Waals surface area (Å²) in [5.41, 5.74) is 8.21. The van der Waals surface area contributed by atoms with E-state index in [4.69, 9.17) is 5.73 Å². The number of carbonyl (C=O) groups is 1. The largest absolute Gasteiger partial charge is 0.368 e. The molecular weight excluding hydrogens is 336 g/mol. The number of nitrogens with zero attached hydrogens (tertiary/aromatic N) is 4. The van der Waals surface area contributed by atoms with E-state index in [0.717, 1.165) is 55.4 Å². The van der Waals surface area contributed by atoms with Crippen LogP contribution in [0.3, 0.4) is 0 Å². The summed E-state index contributed by atoms with van der Waals surface area (Å²) in [4.78, 5) is 26.5. The van der Waals surface area contributed by atoms with E-state index < -0.39 is 0 Å². The van der Waals surface area contributed by atoms with Crippen LogP contribution in [0.1, 0.15) is 20.9 Å². The van der Waals surface area contributed by atoms with Gasteiger partial charge in [-0.25, -0.2) is 4.98 Å². The van der Waals surface area contributed by atoms with E-state index in [0.29, 0.717) is 19.0 Å². The standard InChI is InChI=1S/C17H22N6OS/c18-17-20-13-4-6-19-5-3-12(13)15(21-17)22-7-9-23(10-8-22)16(24)14-2-1-11-25-14/h1-2,11,19H,3-10H2,(H2,18,20,21). The second-order valence-corrected chi connectivity index (χ2v) is 7.28. The molecule has 0 bridgehead atoms. The molecule has 3 N–H and O–H groups in total. The molecular formula is C17H22N6OS. The summed E-state index contributed by atoms with van der Waals surface area (Å²) in [5.74, 6) is 1.42. The van der Waals surface area contributed by atoms with Gasteiger partial charge in [0, 0.05) is 44.7 Å². The van der Waals surface area contributed by atoms with E-state index in [2.05, 4.69) is 20.2 Å². The maximum absolute atomic E-state index is 12.5. The van der Waals surface area contributed by atoms with Crippen LogP contribution in [0.5, 0.6) is 0 Å².